The van der Waals surface area contributed by atoms with Crippen molar-refractivity contribution in [1.29, 1.82) is 0 Å². The summed E-state index contributed by atoms with van der Waals surface area (Å²) in [7, 11) is 0. The van der Waals surface area contributed by atoms with Crippen LogP contribution in [0, 0.1) is 5.92 Å². The van der Waals surface area contributed by atoms with Crippen molar-refractivity contribution >= 4 is 12.0 Å². The van der Waals surface area contributed by atoms with E-state index >= 15 is 0 Å². The predicted octanol–water partition coefficient (Wildman–Crippen LogP) is 7.55. The molecule has 1 N–H and O–H groups in total. The van der Waals surface area contributed by atoms with Crippen LogP contribution in [0.25, 0.3) is 17.2 Å². The highest BCUT2D eigenvalue weighted by Gasteiger charge is 2.22. The summed E-state index contributed by atoms with van der Waals surface area (Å²) in [4.78, 5) is 11.7. The van der Waals surface area contributed by atoms with Crippen LogP contribution in [-0.4, -0.2) is 11.1 Å². The van der Waals surface area contributed by atoms with E-state index in [-0.39, 0.29) is 0 Å². The van der Waals surface area contributed by atoms with Crippen LogP contribution in [0.3, 0.4) is 0 Å². The SMILES string of the molecule is CC/C=C/c1ccc(C(=O)O)c(-c2ccc(C3CCC(CCC)CC3)cc2)c1. The van der Waals surface area contributed by atoms with Crippen molar-refractivity contribution in [2.24, 2.45) is 5.92 Å². The fourth-order valence-electron chi connectivity index (χ4n) is 4.47. The molecule has 148 valence electrons. The normalized spacial score (nSPS) is 19.8. The van der Waals surface area contributed by atoms with Gasteiger partial charge in [0, 0.05) is 0 Å². The molecule has 0 heterocycles. The van der Waals surface area contributed by atoms with E-state index in [9.17, 15) is 9.90 Å². The molecular weight excluding hydrogens is 344 g/mol. The number of carboxylic acid groups (broad SMARTS) is 1. The monoisotopic (exact) mass is 376 g/mol. The predicted molar refractivity (Wildman–Crippen MR) is 118 cm³/mol. The first-order valence-corrected chi connectivity index (χ1v) is 10.8. The zero-order chi connectivity index (χ0) is 19.9. The van der Waals surface area contributed by atoms with Gasteiger partial charge in [-0.3, -0.25) is 0 Å². The first-order chi connectivity index (χ1) is 13.6. The van der Waals surface area contributed by atoms with Gasteiger partial charge < -0.3 is 5.11 Å². The van der Waals surface area contributed by atoms with E-state index in [0.29, 0.717) is 11.5 Å². The molecule has 0 spiro atoms. The minimum Gasteiger partial charge on any atom is -0.478 e. The van der Waals surface area contributed by atoms with Gasteiger partial charge in [0.1, 0.15) is 0 Å². The van der Waals surface area contributed by atoms with E-state index in [1.54, 1.807) is 6.07 Å². The quantitative estimate of drug-likeness (QED) is 0.541. The van der Waals surface area contributed by atoms with Crippen molar-refractivity contribution in [1.82, 2.24) is 0 Å². The Kier molecular flexibility index (Phi) is 7.08. The molecule has 1 fully saturated rings. The molecule has 3 rings (SSSR count). The van der Waals surface area contributed by atoms with E-state index in [0.717, 1.165) is 29.0 Å². The van der Waals surface area contributed by atoms with Gasteiger partial charge in [0.25, 0.3) is 0 Å². The summed E-state index contributed by atoms with van der Waals surface area (Å²) in [5.41, 5.74) is 4.58. The fourth-order valence-corrected chi connectivity index (χ4v) is 4.47. The van der Waals surface area contributed by atoms with Crippen LogP contribution in [0.5, 0.6) is 0 Å². The number of hydrogen-bond donors (Lipinski definition) is 1. The molecule has 0 aromatic heterocycles. The molecule has 2 aromatic carbocycles. The van der Waals surface area contributed by atoms with Crippen molar-refractivity contribution < 1.29 is 9.90 Å². The molecule has 0 bridgehead atoms. The number of hydrogen-bond acceptors (Lipinski definition) is 1. The van der Waals surface area contributed by atoms with Gasteiger partial charge in [0.15, 0.2) is 0 Å². The summed E-state index contributed by atoms with van der Waals surface area (Å²) >= 11 is 0. The number of benzene rings is 2. The molecule has 1 saturated carbocycles. The van der Waals surface area contributed by atoms with Gasteiger partial charge in [-0.15, -0.1) is 0 Å². The minimum atomic E-state index is -0.876. The zero-order valence-electron chi connectivity index (χ0n) is 17.2. The van der Waals surface area contributed by atoms with Gasteiger partial charge in [0.05, 0.1) is 5.56 Å². The molecule has 2 aromatic rings. The molecule has 0 saturated heterocycles. The summed E-state index contributed by atoms with van der Waals surface area (Å²) in [6, 6.07) is 14.2. The second-order valence-electron chi connectivity index (χ2n) is 8.05. The Morgan fingerprint density at radius 2 is 1.75 bits per heavy atom. The second-order valence-corrected chi connectivity index (χ2v) is 8.05. The van der Waals surface area contributed by atoms with E-state index in [4.69, 9.17) is 0 Å². The van der Waals surface area contributed by atoms with Crippen LogP contribution in [0.4, 0.5) is 0 Å². The van der Waals surface area contributed by atoms with Crippen LogP contribution >= 0.6 is 0 Å². The van der Waals surface area contributed by atoms with Gasteiger partial charge in [-0.2, -0.15) is 0 Å². The highest BCUT2D eigenvalue weighted by atomic mass is 16.4. The molecule has 28 heavy (non-hydrogen) atoms. The Hall–Kier alpha value is -2.35. The number of carbonyl (C=O) groups is 1. The Bertz CT molecular complexity index is 809. The van der Waals surface area contributed by atoms with Crippen LogP contribution in [-0.2, 0) is 0 Å². The third kappa shape index (κ3) is 4.92. The number of carboxylic acids is 1. The average Bonchev–Trinajstić information content (AvgIpc) is 2.73. The maximum atomic E-state index is 11.7. The van der Waals surface area contributed by atoms with E-state index in [2.05, 4.69) is 50.3 Å². The third-order valence-corrected chi connectivity index (χ3v) is 6.06. The largest absolute Gasteiger partial charge is 0.478 e. The summed E-state index contributed by atoms with van der Waals surface area (Å²) < 4.78 is 0. The maximum absolute atomic E-state index is 11.7. The highest BCUT2D eigenvalue weighted by Crippen LogP contribution is 2.38. The Morgan fingerprint density at radius 1 is 1.04 bits per heavy atom. The summed E-state index contributed by atoms with van der Waals surface area (Å²) in [6.07, 6.45) is 13.0. The molecule has 0 atom stereocenters. The second kappa shape index (κ2) is 9.73. The van der Waals surface area contributed by atoms with Crippen LogP contribution in [0.15, 0.2) is 48.5 Å². The third-order valence-electron chi connectivity index (χ3n) is 6.06. The molecule has 0 amide bonds. The number of rotatable bonds is 7. The smallest absolute Gasteiger partial charge is 0.336 e. The van der Waals surface area contributed by atoms with Crippen molar-refractivity contribution in [3.8, 4) is 11.1 Å². The lowest BCUT2D eigenvalue weighted by Crippen LogP contribution is -2.13. The molecule has 0 unspecified atom stereocenters. The zero-order valence-corrected chi connectivity index (χ0v) is 17.2. The Balaban J connectivity index is 1.81. The van der Waals surface area contributed by atoms with Gasteiger partial charge in [-0.1, -0.05) is 69.2 Å². The van der Waals surface area contributed by atoms with Crippen molar-refractivity contribution in [3.63, 3.8) is 0 Å². The standard InChI is InChI=1S/C26H32O2/c1-3-5-7-20-10-17-24(26(27)28)25(18-20)23-15-13-22(14-16-23)21-11-8-19(6-4-2)9-12-21/h5,7,10,13-19,21H,3-4,6,8-9,11-12H2,1-2H3,(H,27,28)/b7-5+. The Labute approximate surface area is 169 Å². The van der Waals surface area contributed by atoms with E-state index in [1.807, 2.05) is 12.1 Å². The number of allylic oxidation sites excluding steroid dienone is 1. The lowest BCUT2D eigenvalue weighted by Gasteiger charge is -2.28. The summed E-state index contributed by atoms with van der Waals surface area (Å²) in [5, 5.41) is 9.60. The first-order valence-electron chi connectivity index (χ1n) is 10.8. The minimum absolute atomic E-state index is 0.362. The average molecular weight is 377 g/mol. The van der Waals surface area contributed by atoms with Gasteiger partial charge in [-0.25, -0.2) is 4.79 Å². The van der Waals surface area contributed by atoms with Gasteiger partial charge in [0.2, 0.25) is 0 Å². The van der Waals surface area contributed by atoms with Gasteiger partial charge >= 0.3 is 5.97 Å². The topological polar surface area (TPSA) is 37.3 Å². The van der Waals surface area contributed by atoms with Crippen molar-refractivity contribution in [2.45, 2.75) is 64.7 Å². The fraction of sp³-hybridized carbons (Fsp3) is 0.423. The van der Waals surface area contributed by atoms with E-state index in [1.165, 1.54) is 44.1 Å². The summed E-state index contributed by atoms with van der Waals surface area (Å²) in [5.74, 6) is 0.692. The molecule has 1 aliphatic carbocycles. The van der Waals surface area contributed by atoms with E-state index < -0.39 is 5.97 Å². The van der Waals surface area contributed by atoms with Crippen molar-refractivity contribution in [3.05, 3.63) is 65.2 Å². The molecule has 2 nitrogen and oxygen atoms in total. The van der Waals surface area contributed by atoms with Crippen LogP contribution in [0.2, 0.25) is 0 Å². The summed E-state index contributed by atoms with van der Waals surface area (Å²) in [6.45, 7) is 4.38. The molecule has 2 heteroatoms. The number of aromatic carboxylic acids is 1. The van der Waals surface area contributed by atoms with Crippen LogP contribution < -0.4 is 0 Å². The maximum Gasteiger partial charge on any atom is 0.336 e. The molecule has 0 aliphatic heterocycles. The Morgan fingerprint density at radius 3 is 2.36 bits per heavy atom. The van der Waals surface area contributed by atoms with Gasteiger partial charge in [-0.05, 0) is 78.3 Å². The molecule has 0 radical (unpaired) electrons. The molecule has 1 aliphatic rings. The lowest BCUT2D eigenvalue weighted by atomic mass is 9.77. The van der Waals surface area contributed by atoms with Crippen molar-refractivity contribution in [2.75, 3.05) is 0 Å². The first kappa shape index (κ1) is 20.4. The van der Waals surface area contributed by atoms with Crippen LogP contribution in [0.1, 0.15) is 86.2 Å². The lowest BCUT2D eigenvalue weighted by molar-refractivity contribution is 0.0697. The molecular formula is C26H32O2. The highest BCUT2D eigenvalue weighted by molar-refractivity contribution is 5.96.